The monoisotopic (exact) mass is 363 g/mol. The number of ether oxygens (including phenoxy) is 2. The Morgan fingerprint density at radius 1 is 0.917 bits per heavy atom. The molecule has 4 N–H and O–H groups in total. The van der Waals surface area contributed by atoms with E-state index in [9.17, 15) is 22.8 Å². The molecule has 1 aromatic carbocycles. The molecule has 0 aliphatic rings. The summed E-state index contributed by atoms with van der Waals surface area (Å²) in [6, 6.07) is 3.49. The highest BCUT2D eigenvalue weighted by Crippen LogP contribution is 2.33. The number of aliphatic carboxylic acids is 3. The normalized spacial score (nSPS) is 10.8. The first-order valence-electron chi connectivity index (χ1n) is 6.17. The van der Waals surface area contributed by atoms with Gasteiger partial charge in [0.05, 0.1) is 0 Å². The van der Waals surface area contributed by atoms with Crippen LogP contribution in [0.5, 0.6) is 11.5 Å². The molecular weight excluding hydrogens is 350 g/mol. The van der Waals surface area contributed by atoms with E-state index in [1.54, 1.807) is 4.72 Å². The Morgan fingerprint density at radius 2 is 1.38 bits per heavy atom. The molecule has 0 aromatic heterocycles. The van der Waals surface area contributed by atoms with Gasteiger partial charge in [-0.1, -0.05) is 6.07 Å². The van der Waals surface area contributed by atoms with E-state index in [0.717, 1.165) is 12.1 Å². The van der Waals surface area contributed by atoms with Crippen LogP contribution in [-0.2, 0) is 24.4 Å². The lowest BCUT2D eigenvalue weighted by molar-refractivity contribution is -0.140. The number of hydrogen-bond acceptors (Lipinski definition) is 7. The molecule has 0 spiro atoms. The zero-order valence-electron chi connectivity index (χ0n) is 12.0. The summed E-state index contributed by atoms with van der Waals surface area (Å²) >= 11 is 0. The average molecular weight is 363 g/mol. The van der Waals surface area contributed by atoms with E-state index in [1.807, 2.05) is 0 Å². The van der Waals surface area contributed by atoms with E-state index in [2.05, 4.69) is 0 Å². The van der Waals surface area contributed by atoms with E-state index in [0.29, 0.717) is 0 Å². The summed E-state index contributed by atoms with van der Waals surface area (Å²) in [7, 11) is -4.48. The fourth-order valence-corrected chi connectivity index (χ4v) is 2.74. The number of nitrogens with one attached hydrogen (secondary N) is 1. The minimum Gasteiger partial charge on any atom is -0.480 e. The molecule has 0 unspecified atom stereocenters. The van der Waals surface area contributed by atoms with Crippen molar-refractivity contribution < 1.29 is 47.6 Å². The Kier molecular flexibility index (Phi) is 6.49. The maximum atomic E-state index is 12.2. The summed E-state index contributed by atoms with van der Waals surface area (Å²) in [6.07, 6.45) is 0. The van der Waals surface area contributed by atoms with Gasteiger partial charge in [0.2, 0.25) is 10.0 Å². The first-order valence-corrected chi connectivity index (χ1v) is 7.65. The summed E-state index contributed by atoms with van der Waals surface area (Å²) in [5.74, 6) is -5.09. The molecule has 0 fully saturated rings. The van der Waals surface area contributed by atoms with Crippen molar-refractivity contribution in [3.8, 4) is 11.5 Å². The first kappa shape index (κ1) is 19.2. The van der Waals surface area contributed by atoms with Crippen molar-refractivity contribution in [1.82, 2.24) is 4.72 Å². The van der Waals surface area contributed by atoms with E-state index >= 15 is 0 Å². The molecule has 11 nitrogen and oxygen atoms in total. The predicted octanol–water partition coefficient (Wildman–Crippen LogP) is -1.02. The summed E-state index contributed by atoms with van der Waals surface area (Å²) in [4.78, 5) is 31.0. The van der Waals surface area contributed by atoms with Crippen molar-refractivity contribution in [2.24, 2.45) is 0 Å². The summed E-state index contributed by atoms with van der Waals surface area (Å²) in [5.41, 5.74) is 0. The number of carboxylic acid groups (broad SMARTS) is 3. The fraction of sp³-hybridized carbons (Fsp3) is 0.250. The second-order valence-corrected chi connectivity index (χ2v) is 5.87. The quantitative estimate of drug-likeness (QED) is 0.402. The summed E-state index contributed by atoms with van der Waals surface area (Å²) in [5, 5.41) is 25.8. The van der Waals surface area contributed by atoms with Crippen LogP contribution in [0, 0.1) is 0 Å². The lowest BCUT2D eigenvalue weighted by atomic mass is 10.3. The molecule has 0 bridgehead atoms. The second kappa shape index (κ2) is 8.12. The average Bonchev–Trinajstić information content (AvgIpc) is 2.48. The van der Waals surface area contributed by atoms with Crippen LogP contribution in [0.1, 0.15) is 0 Å². The van der Waals surface area contributed by atoms with E-state index in [4.69, 9.17) is 24.8 Å². The Hall–Kier alpha value is -2.86. The molecule has 0 aliphatic carbocycles. The molecule has 0 atom stereocenters. The molecule has 0 saturated heterocycles. The topological polar surface area (TPSA) is 177 Å². The van der Waals surface area contributed by atoms with Gasteiger partial charge >= 0.3 is 17.9 Å². The molecule has 0 aliphatic heterocycles. The lowest BCUT2D eigenvalue weighted by Gasteiger charge is -2.15. The van der Waals surface area contributed by atoms with Gasteiger partial charge in [-0.2, -0.15) is 4.72 Å². The third kappa shape index (κ3) is 5.73. The standard InChI is InChI=1S/C12H13NO10S/c14-9(15)4-13-24(20,21)12-7(22-5-10(16)17)2-1-3-8(12)23-6-11(18)19/h1-3,13H,4-6H2,(H,14,15)(H,16,17)(H,18,19). The van der Waals surface area contributed by atoms with Crippen LogP contribution in [-0.4, -0.2) is 61.4 Å². The number of benzene rings is 1. The highest BCUT2D eigenvalue weighted by Gasteiger charge is 2.26. The third-order valence-electron chi connectivity index (χ3n) is 2.33. The van der Waals surface area contributed by atoms with E-state index in [1.165, 1.54) is 6.07 Å². The molecule has 132 valence electrons. The number of hydrogen-bond donors (Lipinski definition) is 4. The van der Waals surface area contributed by atoms with Crippen molar-refractivity contribution in [1.29, 1.82) is 0 Å². The van der Waals surface area contributed by atoms with Crippen LogP contribution >= 0.6 is 0 Å². The highest BCUT2D eigenvalue weighted by atomic mass is 32.2. The summed E-state index contributed by atoms with van der Waals surface area (Å²) in [6.45, 7) is -2.69. The zero-order chi connectivity index (χ0) is 18.3. The van der Waals surface area contributed by atoms with Crippen molar-refractivity contribution in [3.05, 3.63) is 18.2 Å². The predicted molar refractivity (Wildman–Crippen MR) is 75.5 cm³/mol. The lowest BCUT2D eigenvalue weighted by Crippen LogP contribution is -2.30. The van der Waals surface area contributed by atoms with E-state index in [-0.39, 0.29) is 0 Å². The Balaban J connectivity index is 3.29. The second-order valence-electron chi connectivity index (χ2n) is 4.17. The molecule has 12 heteroatoms. The Morgan fingerprint density at radius 3 is 1.75 bits per heavy atom. The minimum absolute atomic E-state index is 0.432. The number of sulfonamides is 1. The first-order chi connectivity index (χ1) is 11.1. The van der Waals surface area contributed by atoms with E-state index < -0.39 is 64.1 Å². The van der Waals surface area contributed by atoms with Crippen LogP contribution in [0.15, 0.2) is 23.1 Å². The van der Waals surface area contributed by atoms with Gasteiger partial charge in [-0.15, -0.1) is 0 Å². The Bertz CT molecular complexity index is 706. The molecule has 0 amide bonds. The molecule has 1 aromatic rings. The molecular formula is C12H13NO10S. The Labute approximate surface area is 135 Å². The summed E-state index contributed by atoms with van der Waals surface area (Å²) < 4.78 is 35.9. The molecule has 1 rings (SSSR count). The molecule has 0 heterocycles. The van der Waals surface area contributed by atoms with Gasteiger partial charge < -0.3 is 24.8 Å². The highest BCUT2D eigenvalue weighted by molar-refractivity contribution is 7.89. The van der Waals surface area contributed by atoms with Gasteiger partial charge in [0.25, 0.3) is 0 Å². The minimum atomic E-state index is -4.48. The smallest absolute Gasteiger partial charge is 0.341 e. The van der Waals surface area contributed by atoms with Gasteiger partial charge in [0, 0.05) is 0 Å². The zero-order valence-corrected chi connectivity index (χ0v) is 12.8. The van der Waals surface area contributed by atoms with Crippen LogP contribution in [0.25, 0.3) is 0 Å². The van der Waals surface area contributed by atoms with Gasteiger partial charge in [0.15, 0.2) is 18.1 Å². The van der Waals surface area contributed by atoms with Gasteiger partial charge in [0.1, 0.15) is 18.0 Å². The van der Waals surface area contributed by atoms with Crippen molar-refractivity contribution in [3.63, 3.8) is 0 Å². The van der Waals surface area contributed by atoms with Gasteiger partial charge in [-0.3, -0.25) is 4.79 Å². The maximum Gasteiger partial charge on any atom is 0.341 e. The van der Waals surface area contributed by atoms with Crippen LogP contribution < -0.4 is 14.2 Å². The largest absolute Gasteiger partial charge is 0.480 e. The van der Waals surface area contributed by atoms with Crippen molar-refractivity contribution in [2.75, 3.05) is 19.8 Å². The third-order valence-corrected chi connectivity index (χ3v) is 3.79. The number of rotatable bonds is 10. The SMILES string of the molecule is O=C(O)CNS(=O)(=O)c1c(OCC(=O)O)cccc1OCC(=O)O. The van der Waals surface area contributed by atoms with Gasteiger partial charge in [-0.25, -0.2) is 18.0 Å². The van der Waals surface area contributed by atoms with Crippen LogP contribution in [0.4, 0.5) is 0 Å². The molecule has 24 heavy (non-hydrogen) atoms. The van der Waals surface area contributed by atoms with Crippen molar-refractivity contribution in [2.45, 2.75) is 4.90 Å². The molecule has 0 radical (unpaired) electrons. The fourth-order valence-electron chi connectivity index (χ4n) is 1.50. The number of carbonyl (C=O) groups is 3. The molecule has 0 saturated carbocycles. The van der Waals surface area contributed by atoms with Crippen LogP contribution in [0.3, 0.4) is 0 Å². The maximum absolute atomic E-state index is 12.2. The van der Waals surface area contributed by atoms with Gasteiger partial charge in [-0.05, 0) is 12.1 Å². The van der Waals surface area contributed by atoms with Crippen molar-refractivity contribution >= 4 is 27.9 Å². The number of carboxylic acids is 3. The van der Waals surface area contributed by atoms with Crippen LogP contribution in [0.2, 0.25) is 0 Å².